The van der Waals surface area contributed by atoms with E-state index in [2.05, 4.69) is 39.4 Å². The van der Waals surface area contributed by atoms with Gasteiger partial charge in [0.25, 0.3) is 0 Å². The van der Waals surface area contributed by atoms with Crippen molar-refractivity contribution in [2.24, 2.45) is 0 Å². The third-order valence-electron chi connectivity index (χ3n) is 3.07. The summed E-state index contributed by atoms with van der Waals surface area (Å²) in [5, 5.41) is 12.7. The summed E-state index contributed by atoms with van der Waals surface area (Å²) in [7, 11) is 0. The molecule has 2 aromatic rings. The molecule has 2 nitrogen and oxygen atoms in total. The minimum Gasteiger partial charge on any atom is -0.395 e. The Morgan fingerprint density at radius 3 is 2.32 bits per heavy atom. The SMILES string of the molecule is C[C@H](CO)NC(c1ccccc1)c1ccccc1Br. The van der Waals surface area contributed by atoms with Gasteiger partial charge in [0, 0.05) is 10.5 Å². The standard InChI is InChI=1S/C16H18BrNO/c1-12(11-19)18-16(13-7-3-2-4-8-13)14-9-5-6-10-15(14)17/h2-10,12,16,18-19H,11H2,1H3/t12-,16?/m1/s1. The topological polar surface area (TPSA) is 32.3 Å². The molecule has 0 aliphatic rings. The first-order valence-corrected chi connectivity index (χ1v) is 7.18. The van der Waals surface area contributed by atoms with Crippen LogP contribution in [0.15, 0.2) is 59.1 Å². The highest BCUT2D eigenvalue weighted by molar-refractivity contribution is 9.10. The third-order valence-corrected chi connectivity index (χ3v) is 3.80. The summed E-state index contributed by atoms with van der Waals surface area (Å²) in [6, 6.07) is 18.5. The average molecular weight is 320 g/mol. The highest BCUT2D eigenvalue weighted by Crippen LogP contribution is 2.28. The molecule has 0 aliphatic heterocycles. The number of hydrogen-bond acceptors (Lipinski definition) is 2. The zero-order chi connectivity index (χ0) is 13.7. The van der Waals surface area contributed by atoms with E-state index in [4.69, 9.17) is 0 Å². The fourth-order valence-corrected chi connectivity index (χ4v) is 2.57. The Kier molecular flexibility index (Phi) is 5.14. The summed E-state index contributed by atoms with van der Waals surface area (Å²) < 4.78 is 1.07. The molecule has 0 aromatic heterocycles. The van der Waals surface area contributed by atoms with E-state index >= 15 is 0 Å². The molecular formula is C16H18BrNO. The fourth-order valence-electron chi connectivity index (χ4n) is 2.06. The number of aliphatic hydroxyl groups is 1. The molecule has 0 heterocycles. The van der Waals surface area contributed by atoms with E-state index < -0.39 is 0 Å². The molecule has 0 radical (unpaired) electrons. The van der Waals surface area contributed by atoms with Crippen molar-refractivity contribution in [2.75, 3.05) is 6.61 Å². The molecule has 3 heteroatoms. The van der Waals surface area contributed by atoms with Crippen LogP contribution in [0, 0.1) is 0 Å². The van der Waals surface area contributed by atoms with Crippen LogP contribution in [0.25, 0.3) is 0 Å². The number of rotatable bonds is 5. The summed E-state index contributed by atoms with van der Waals surface area (Å²) >= 11 is 3.60. The van der Waals surface area contributed by atoms with Crippen LogP contribution in [0.1, 0.15) is 24.1 Å². The quantitative estimate of drug-likeness (QED) is 0.884. The van der Waals surface area contributed by atoms with Gasteiger partial charge in [0.05, 0.1) is 12.6 Å². The van der Waals surface area contributed by atoms with Crippen molar-refractivity contribution >= 4 is 15.9 Å². The van der Waals surface area contributed by atoms with Crippen molar-refractivity contribution in [3.05, 3.63) is 70.2 Å². The van der Waals surface area contributed by atoms with Crippen molar-refractivity contribution in [2.45, 2.75) is 19.0 Å². The van der Waals surface area contributed by atoms with E-state index in [1.54, 1.807) is 0 Å². The van der Waals surface area contributed by atoms with E-state index in [-0.39, 0.29) is 18.7 Å². The Morgan fingerprint density at radius 2 is 1.68 bits per heavy atom. The Balaban J connectivity index is 2.38. The molecule has 1 unspecified atom stereocenters. The van der Waals surface area contributed by atoms with Crippen molar-refractivity contribution in [3.63, 3.8) is 0 Å². The van der Waals surface area contributed by atoms with E-state index in [0.29, 0.717) is 0 Å². The van der Waals surface area contributed by atoms with Crippen LogP contribution in [0.4, 0.5) is 0 Å². The number of halogens is 1. The molecule has 0 saturated heterocycles. The number of benzene rings is 2. The second-order valence-corrected chi connectivity index (χ2v) is 5.47. The van der Waals surface area contributed by atoms with Crippen LogP contribution in [0.2, 0.25) is 0 Å². The molecule has 0 aliphatic carbocycles. The van der Waals surface area contributed by atoms with Gasteiger partial charge in [-0.05, 0) is 24.1 Å². The maximum atomic E-state index is 9.27. The lowest BCUT2D eigenvalue weighted by molar-refractivity contribution is 0.245. The maximum absolute atomic E-state index is 9.27. The second kappa shape index (κ2) is 6.85. The van der Waals surface area contributed by atoms with Crippen LogP contribution in [-0.4, -0.2) is 17.8 Å². The van der Waals surface area contributed by atoms with E-state index in [9.17, 15) is 5.11 Å². The molecule has 0 bridgehead atoms. The molecule has 0 saturated carbocycles. The first-order valence-electron chi connectivity index (χ1n) is 6.38. The zero-order valence-corrected chi connectivity index (χ0v) is 12.5. The second-order valence-electron chi connectivity index (χ2n) is 4.62. The highest BCUT2D eigenvalue weighted by Gasteiger charge is 2.17. The van der Waals surface area contributed by atoms with Gasteiger partial charge in [-0.1, -0.05) is 64.5 Å². The Morgan fingerprint density at radius 1 is 1.05 bits per heavy atom. The van der Waals surface area contributed by atoms with Crippen molar-refractivity contribution in [1.29, 1.82) is 0 Å². The lowest BCUT2D eigenvalue weighted by Gasteiger charge is -2.24. The lowest BCUT2D eigenvalue weighted by atomic mass is 9.98. The zero-order valence-electron chi connectivity index (χ0n) is 10.9. The smallest absolute Gasteiger partial charge is 0.0590 e. The average Bonchev–Trinajstić information content (AvgIpc) is 2.46. The van der Waals surface area contributed by atoms with Gasteiger partial charge < -0.3 is 10.4 Å². The Labute approximate surface area is 122 Å². The summed E-state index contributed by atoms with van der Waals surface area (Å²) in [5.74, 6) is 0. The molecule has 19 heavy (non-hydrogen) atoms. The molecule has 0 amide bonds. The predicted octanol–water partition coefficient (Wildman–Crippen LogP) is 3.51. The molecule has 100 valence electrons. The summed E-state index contributed by atoms with van der Waals surface area (Å²) in [5.41, 5.74) is 2.36. The van der Waals surface area contributed by atoms with Gasteiger partial charge >= 0.3 is 0 Å². The summed E-state index contributed by atoms with van der Waals surface area (Å²) in [6.07, 6.45) is 0. The normalized spacial score (nSPS) is 14.1. The molecule has 2 aromatic carbocycles. The largest absolute Gasteiger partial charge is 0.395 e. The maximum Gasteiger partial charge on any atom is 0.0590 e. The van der Waals surface area contributed by atoms with E-state index in [1.165, 1.54) is 11.1 Å². The third kappa shape index (κ3) is 3.66. The van der Waals surface area contributed by atoms with Gasteiger partial charge in [-0.2, -0.15) is 0 Å². The van der Waals surface area contributed by atoms with Crippen molar-refractivity contribution in [3.8, 4) is 0 Å². The van der Waals surface area contributed by atoms with Gasteiger partial charge in [0.15, 0.2) is 0 Å². The number of hydrogen-bond donors (Lipinski definition) is 2. The van der Waals surface area contributed by atoms with Crippen LogP contribution >= 0.6 is 15.9 Å². The van der Waals surface area contributed by atoms with Crippen molar-refractivity contribution in [1.82, 2.24) is 5.32 Å². The first-order chi connectivity index (χ1) is 9.22. The predicted molar refractivity (Wildman–Crippen MR) is 82.1 cm³/mol. The molecule has 2 atom stereocenters. The molecule has 2 N–H and O–H groups in total. The monoisotopic (exact) mass is 319 g/mol. The summed E-state index contributed by atoms with van der Waals surface area (Å²) in [4.78, 5) is 0. The first kappa shape index (κ1) is 14.3. The Hall–Kier alpha value is -1.16. The lowest BCUT2D eigenvalue weighted by Crippen LogP contribution is -2.34. The molecule has 0 spiro atoms. The molecule has 0 fully saturated rings. The summed E-state index contributed by atoms with van der Waals surface area (Å²) in [6.45, 7) is 2.10. The fraction of sp³-hybridized carbons (Fsp3) is 0.250. The van der Waals surface area contributed by atoms with Crippen LogP contribution in [0.5, 0.6) is 0 Å². The minimum absolute atomic E-state index is 0.0392. The molecular weight excluding hydrogens is 302 g/mol. The molecule has 2 rings (SSSR count). The number of nitrogens with one attached hydrogen (secondary N) is 1. The number of aliphatic hydroxyl groups excluding tert-OH is 1. The van der Waals surface area contributed by atoms with Gasteiger partial charge in [0.1, 0.15) is 0 Å². The highest BCUT2D eigenvalue weighted by atomic mass is 79.9. The van der Waals surface area contributed by atoms with Gasteiger partial charge in [0.2, 0.25) is 0 Å². The van der Waals surface area contributed by atoms with E-state index in [1.807, 2.05) is 43.3 Å². The van der Waals surface area contributed by atoms with Gasteiger partial charge in [-0.25, -0.2) is 0 Å². The van der Waals surface area contributed by atoms with Crippen molar-refractivity contribution < 1.29 is 5.11 Å². The van der Waals surface area contributed by atoms with Gasteiger partial charge in [-0.3, -0.25) is 0 Å². The van der Waals surface area contributed by atoms with Crippen LogP contribution in [-0.2, 0) is 0 Å². The van der Waals surface area contributed by atoms with Crippen LogP contribution in [0.3, 0.4) is 0 Å². The van der Waals surface area contributed by atoms with E-state index in [0.717, 1.165) is 4.47 Å². The minimum atomic E-state index is 0.0392. The van der Waals surface area contributed by atoms with Crippen LogP contribution < -0.4 is 5.32 Å². The van der Waals surface area contributed by atoms with Gasteiger partial charge in [-0.15, -0.1) is 0 Å². The Bertz CT molecular complexity index is 515.